The summed E-state index contributed by atoms with van der Waals surface area (Å²) in [6.45, 7) is 8.37. The third-order valence-corrected chi connectivity index (χ3v) is 5.31. The fourth-order valence-corrected chi connectivity index (χ4v) is 3.54. The number of carbonyl (C=O) groups is 1. The maximum atomic E-state index is 11.7. The second-order valence-corrected chi connectivity index (χ2v) is 7.53. The number of aromatic amines is 1. The van der Waals surface area contributed by atoms with Crippen LogP contribution in [-0.4, -0.2) is 27.9 Å². The molecular formula is C25H30N4O. The zero-order valence-electron chi connectivity index (χ0n) is 17.9. The van der Waals surface area contributed by atoms with Gasteiger partial charge >= 0.3 is 0 Å². The maximum Gasteiger partial charge on any atom is 0.200 e. The molecule has 30 heavy (non-hydrogen) atoms. The minimum absolute atomic E-state index is 0.0549. The highest BCUT2D eigenvalue weighted by Gasteiger charge is 2.13. The number of H-pyrrole nitrogens is 1. The minimum atomic E-state index is 0.0549. The van der Waals surface area contributed by atoms with Crippen LogP contribution in [0.3, 0.4) is 0 Å². The van der Waals surface area contributed by atoms with Gasteiger partial charge in [0.15, 0.2) is 11.6 Å². The number of Topliss-reactive ketones (excluding diaryl/α,β-unsaturated/α-hetero) is 1. The molecule has 1 aromatic carbocycles. The van der Waals surface area contributed by atoms with Crippen molar-refractivity contribution in [1.29, 1.82) is 0 Å². The molecule has 1 aliphatic heterocycles. The number of hydrogen-bond acceptors (Lipinski definition) is 4. The van der Waals surface area contributed by atoms with Crippen molar-refractivity contribution in [2.45, 2.75) is 58.8 Å². The molecule has 1 aromatic heterocycles. The SMILES string of the molecule is C=c1cc(CC)c(-c2cnc(CCCCCCC(=O)C3=NC=N3)[nH]2)c/c1=C/C=C\C. The van der Waals surface area contributed by atoms with Gasteiger partial charge in [-0.25, -0.2) is 15.0 Å². The molecule has 2 heterocycles. The fourth-order valence-electron chi connectivity index (χ4n) is 3.54. The Bertz CT molecular complexity index is 1090. The molecule has 0 amide bonds. The van der Waals surface area contributed by atoms with E-state index >= 15 is 0 Å². The summed E-state index contributed by atoms with van der Waals surface area (Å²) in [6, 6.07) is 4.37. The number of aromatic nitrogens is 2. The Morgan fingerprint density at radius 3 is 2.70 bits per heavy atom. The Morgan fingerprint density at radius 2 is 2.00 bits per heavy atom. The molecule has 5 heteroatoms. The molecule has 0 radical (unpaired) electrons. The van der Waals surface area contributed by atoms with E-state index < -0.39 is 0 Å². The fraction of sp³-hybridized carbons (Fsp3) is 0.360. The molecule has 1 N–H and O–H groups in total. The van der Waals surface area contributed by atoms with E-state index in [9.17, 15) is 4.79 Å². The van der Waals surface area contributed by atoms with Crippen LogP contribution in [0.5, 0.6) is 0 Å². The molecule has 0 atom stereocenters. The molecule has 5 nitrogen and oxygen atoms in total. The summed E-state index contributed by atoms with van der Waals surface area (Å²) in [5.41, 5.74) is 3.53. The van der Waals surface area contributed by atoms with Crippen LogP contribution >= 0.6 is 0 Å². The number of aryl methyl sites for hydroxylation is 2. The first kappa shape index (κ1) is 21.6. The van der Waals surface area contributed by atoms with E-state index in [1.165, 1.54) is 17.5 Å². The molecule has 0 spiro atoms. The van der Waals surface area contributed by atoms with Crippen LogP contribution in [0.1, 0.15) is 57.3 Å². The molecule has 0 unspecified atom stereocenters. The van der Waals surface area contributed by atoms with E-state index in [-0.39, 0.29) is 5.78 Å². The number of carbonyl (C=O) groups excluding carboxylic acids is 1. The summed E-state index contributed by atoms with van der Waals surface area (Å²) in [7, 11) is 0. The summed E-state index contributed by atoms with van der Waals surface area (Å²) < 4.78 is 0. The number of nitrogens with one attached hydrogen (secondary N) is 1. The van der Waals surface area contributed by atoms with E-state index in [0.717, 1.165) is 60.5 Å². The number of unbranched alkanes of at least 4 members (excludes halogenated alkanes) is 3. The molecular weight excluding hydrogens is 372 g/mol. The van der Waals surface area contributed by atoms with Crippen LogP contribution in [0, 0.1) is 0 Å². The third-order valence-electron chi connectivity index (χ3n) is 5.31. The molecule has 0 fully saturated rings. The lowest BCUT2D eigenvalue weighted by molar-refractivity contribution is -0.113. The van der Waals surface area contributed by atoms with Crippen molar-refractivity contribution < 1.29 is 4.79 Å². The van der Waals surface area contributed by atoms with Crippen molar-refractivity contribution in [3.63, 3.8) is 0 Å². The van der Waals surface area contributed by atoms with Crippen LogP contribution in [0.4, 0.5) is 0 Å². The molecule has 156 valence electrons. The number of rotatable bonds is 11. The van der Waals surface area contributed by atoms with Crippen molar-refractivity contribution in [1.82, 2.24) is 9.97 Å². The Labute approximate surface area is 178 Å². The average molecular weight is 403 g/mol. The van der Waals surface area contributed by atoms with Gasteiger partial charge in [0.05, 0.1) is 11.9 Å². The van der Waals surface area contributed by atoms with Crippen LogP contribution < -0.4 is 10.4 Å². The summed E-state index contributed by atoms with van der Waals surface area (Å²) in [5, 5.41) is 2.17. The van der Waals surface area contributed by atoms with Crippen LogP contribution in [0.2, 0.25) is 0 Å². The smallest absolute Gasteiger partial charge is 0.200 e. The van der Waals surface area contributed by atoms with Crippen molar-refractivity contribution in [2.24, 2.45) is 9.98 Å². The van der Waals surface area contributed by atoms with E-state index in [2.05, 4.69) is 51.7 Å². The van der Waals surface area contributed by atoms with E-state index in [1.807, 2.05) is 25.3 Å². The lowest BCUT2D eigenvalue weighted by atomic mass is 10.0. The zero-order valence-corrected chi connectivity index (χ0v) is 17.9. The maximum absolute atomic E-state index is 11.7. The Kier molecular flexibility index (Phi) is 7.66. The topological polar surface area (TPSA) is 70.5 Å². The first-order chi connectivity index (χ1) is 14.6. The predicted octanol–water partition coefficient (Wildman–Crippen LogP) is 3.91. The summed E-state index contributed by atoms with van der Waals surface area (Å²) >= 11 is 0. The van der Waals surface area contributed by atoms with Crippen molar-refractivity contribution in [3.05, 3.63) is 52.3 Å². The number of ketones is 1. The van der Waals surface area contributed by atoms with Gasteiger partial charge in [0.2, 0.25) is 0 Å². The zero-order chi connectivity index (χ0) is 21.3. The quantitative estimate of drug-likeness (QED) is 0.579. The Morgan fingerprint density at radius 1 is 1.20 bits per heavy atom. The first-order valence-electron chi connectivity index (χ1n) is 10.7. The van der Waals surface area contributed by atoms with Gasteiger partial charge in [-0.2, -0.15) is 0 Å². The van der Waals surface area contributed by atoms with Gasteiger partial charge in [0.25, 0.3) is 0 Å². The highest BCUT2D eigenvalue weighted by Crippen LogP contribution is 2.21. The summed E-state index contributed by atoms with van der Waals surface area (Å²) in [4.78, 5) is 27.5. The van der Waals surface area contributed by atoms with Gasteiger partial charge in [-0.3, -0.25) is 4.79 Å². The van der Waals surface area contributed by atoms with Crippen LogP contribution in [0.25, 0.3) is 23.9 Å². The summed E-state index contributed by atoms with van der Waals surface area (Å²) in [5.74, 6) is 1.45. The highest BCUT2D eigenvalue weighted by molar-refractivity contribution is 6.43. The molecule has 3 rings (SSSR count). The monoisotopic (exact) mass is 402 g/mol. The second kappa shape index (κ2) is 10.6. The number of nitrogens with zero attached hydrogens (tertiary/aromatic N) is 3. The first-order valence-corrected chi connectivity index (χ1v) is 10.7. The number of hydrogen-bond donors (Lipinski definition) is 1. The Balaban J connectivity index is 1.55. The van der Waals surface area contributed by atoms with Crippen LogP contribution in [0.15, 0.2) is 40.5 Å². The van der Waals surface area contributed by atoms with Gasteiger partial charge in [-0.05, 0) is 48.3 Å². The van der Waals surface area contributed by atoms with Gasteiger partial charge < -0.3 is 4.98 Å². The molecule has 0 aliphatic carbocycles. The predicted molar refractivity (Wildman–Crippen MR) is 125 cm³/mol. The average Bonchev–Trinajstić information content (AvgIpc) is 3.16. The van der Waals surface area contributed by atoms with Crippen molar-refractivity contribution >= 4 is 30.6 Å². The van der Waals surface area contributed by atoms with Gasteiger partial charge in [-0.1, -0.05) is 50.6 Å². The second-order valence-electron chi connectivity index (χ2n) is 7.53. The molecule has 0 saturated carbocycles. The minimum Gasteiger partial charge on any atom is -0.342 e. The normalized spacial score (nSPS) is 13.7. The number of amidine groups is 1. The largest absolute Gasteiger partial charge is 0.342 e. The third kappa shape index (κ3) is 5.50. The van der Waals surface area contributed by atoms with Crippen molar-refractivity contribution in [3.8, 4) is 11.3 Å². The van der Waals surface area contributed by atoms with Gasteiger partial charge in [0.1, 0.15) is 12.2 Å². The van der Waals surface area contributed by atoms with E-state index in [1.54, 1.807) is 0 Å². The van der Waals surface area contributed by atoms with Crippen LogP contribution in [-0.2, 0) is 17.6 Å². The number of imidazole rings is 1. The molecule has 0 saturated heterocycles. The van der Waals surface area contributed by atoms with Gasteiger partial charge in [0, 0.05) is 18.4 Å². The molecule has 2 aromatic rings. The summed E-state index contributed by atoms with van der Waals surface area (Å²) in [6.07, 6.45) is 16.0. The molecule has 1 aliphatic rings. The molecule has 0 bridgehead atoms. The Hall–Kier alpha value is -3.08. The lowest BCUT2D eigenvalue weighted by Gasteiger charge is -2.07. The van der Waals surface area contributed by atoms with E-state index in [4.69, 9.17) is 0 Å². The number of allylic oxidation sites excluding steroid dienone is 2. The van der Waals surface area contributed by atoms with Gasteiger partial charge in [-0.15, -0.1) is 0 Å². The number of benzene rings is 1. The standard InChI is InChI=1S/C25H30N4O/c1-4-6-11-20-15-21(19(5-2)14-18(20)3)22-16-26-24(29-22)13-10-8-7-9-12-23(30)25-27-17-28-25/h4,6,11,14-17H,3,5,7-10,12-13H2,1-2H3,(H,26,29)/b6-4-,20-11-. The van der Waals surface area contributed by atoms with E-state index in [0.29, 0.717) is 12.3 Å². The highest BCUT2D eigenvalue weighted by atomic mass is 16.1. The number of aliphatic imine (C=N–C) groups is 2. The lowest BCUT2D eigenvalue weighted by Crippen LogP contribution is -2.24. The van der Waals surface area contributed by atoms with Crippen molar-refractivity contribution in [2.75, 3.05) is 0 Å².